The van der Waals surface area contributed by atoms with Gasteiger partial charge in [0.05, 0.1) is 6.61 Å². The molecule has 8 heteroatoms. The highest BCUT2D eigenvalue weighted by atomic mass is 32.2. The molecule has 0 aliphatic rings. The molecule has 0 aliphatic heterocycles. The van der Waals surface area contributed by atoms with E-state index in [-0.39, 0.29) is 12.7 Å². The zero-order chi connectivity index (χ0) is 14.2. The molecule has 0 aromatic carbocycles. The van der Waals surface area contributed by atoms with Crippen molar-refractivity contribution >= 4 is 53.1 Å². The van der Waals surface area contributed by atoms with Gasteiger partial charge in [0.2, 0.25) is 0 Å². The van der Waals surface area contributed by atoms with Crippen molar-refractivity contribution in [2.75, 3.05) is 52.9 Å². The van der Waals surface area contributed by atoms with E-state index in [0.29, 0.717) is 18.9 Å². The van der Waals surface area contributed by atoms with Crippen molar-refractivity contribution in [3.05, 3.63) is 0 Å². The van der Waals surface area contributed by atoms with Gasteiger partial charge in [-0.25, -0.2) is 4.79 Å². The minimum absolute atomic E-state index is 0.170. The molecular formula is C11H23NO3S4. The molecule has 0 aromatic rings. The summed E-state index contributed by atoms with van der Waals surface area (Å²) >= 11 is 7.25. The summed E-state index contributed by atoms with van der Waals surface area (Å²) in [6, 6.07) is 0. The van der Waals surface area contributed by atoms with Gasteiger partial charge >= 0.3 is 6.09 Å². The Balaban J connectivity index is 3.12. The summed E-state index contributed by atoms with van der Waals surface area (Å²) in [5, 5.41) is 13.5. The highest BCUT2D eigenvalue weighted by Gasteiger charge is 2.00. The molecule has 114 valence electrons. The Kier molecular flexibility index (Phi) is 17.2. The molecule has 0 spiro atoms. The zero-order valence-corrected chi connectivity index (χ0v) is 14.5. The quantitative estimate of drug-likeness (QED) is 0.393. The summed E-state index contributed by atoms with van der Waals surface area (Å²) in [7, 11) is 0. The zero-order valence-electron chi connectivity index (χ0n) is 11.3. The van der Waals surface area contributed by atoms with E-state index >= 15 is 0 Å². The van der Waals surface area contributed by atoms with Crippen LogP contribution in [0.4, 0.5) is 4.79 Å². The van der Waals surface area contributed by atoms with Crippen LogP contribution < -0.4 is 5.32 Å². The van der Waals surface area contributed by atoms with E-state index in [1.54, 1.807) is 11.8 Å². The first-order chi connectivity index (χ1) is 9.31. The highest BCUT2D eigenvalue weighted by molar-refractivity contribution is 8.22. The molecule has 0 bridgehead atoms. The topological polar surface area (TPSA) is 58.6 Å². The van der Waals surface area contributed by atoms with Crippen LogP contribution in [0.15, 0.2) is 0 Å². The van der Waals surface area contributed by atoms with Gasteiger partial charge in [-0.2, -0.15) is 23.5 Å². The molecule has 0 saturated carbocycles. The van der Waals surface area contributed by atoms with Crippen molar-refractivity contribution in [2.24, 2.45) is 0 Å². The predicted octanol–water partition coefficient (Wildman–Crippen LogP) is 2.57. The third kappa shape index (κ3) is 16.6. The fourth-order valence-corrected chi connectivity index (χ4v) is 4.68. The molecule has 4 nitrogen and oxygen atoms in total. The lowest BCUT2D eigenvalue weighted by atomic mass is 10.7. The normalized spacial score (nSPS) is 10.4. The van der Waals surface area contributed by atoms with Gasteiger partial charge in [0.15, 0.2) is 0 Å². The Bertz CT molecular complexity index is 210. The first kappa shape index (κ1) is 19.6. The van der Waals surface area contributed by atoms with E-state index in [2.05, 4.69) is 12.2 Å². The molecule has 0 atom stereocenters. The molecule has 0 unspecified atom stereocenters. The van der Waals surface area contributed by atoms with Crippen LogP contribution in [0.2, 0.25) is 0 Å². The highest BCUT2D eigenvalue weighted by Crippen LogP contribution is 2.16. The number of carbonyl (C=O) groups excluding carboxylic acids is 1. The lowest BCUT2D eigenvalue weighted by molar-refractivity contribution is 0.154. The fourth-order valence-electron chi connectivity index (χ4n) is 0.930. The number of aliphatic hydroxyl groups is 1. The second-order valence-corrected chi connectivity index (χ2v) is 8.56. The molecule has 0 aromatic heterocycles. The van der Waals surface area contributed by atoms with Crippen LogP contribution in [-0.2, 0) is 4.74 Å². The maximum atomic E-state index is 11.2. The molecule has 0 radical (unpaired) electrons. The van der Waals surface area contributed by atoms with Crippen LogP contribution in [0.1, 0.15) is 6.92 Å². The average molecular weight is 346 g/mol. The van der Waals surface area contributed by atoms with Gasteiger partial charge in [0.25, 0.3) is 0 Å². The predicted molar refractivity (Wildman–Crippen MR) is 91.7 cm³/mol. The first-order valence-electron chi connectivity index (χ1n) is 6.13. The lowest BCUT2D eigenvalue weighted by Gasteiger charge is -2.06. The molecule has 19 heavy (non-hydrogen) atoms. The Morgan fingerprint density at radius 2 is 1.89 bits per heavy atom. The van der Waals surface area contributed by atoms with Crippen LogP contribution in [-0.4, -0.2) is 64.1 Å². The molecule has 0 fully saturated rings. The van der Waals surface area contributed by atoms with Gasteiger partial charge < -0.3 is 15.2 Å². The van der Waals surface area contributed by atoms with Crippen molar-refractivity contribution in [1.29, 1.82) is 0 Å². The van der Waals surface area contributed by atoms with Gasteiger partial charge in [0, 0.05) is 34.0 Å². The second-order valence-electron chi connectivity index (χ2n) is 3.24. The Morgan fingerprint density at radius 3 is 2.63 bits per heavy atom. The van der Waals surface area contributed by atoms with Gasteiger partial charge in [0.1, 0.15) is 6.61 Å². The largest absolute Gasteiger partial charge is 0.449 e. The van der Waals surface area contributed by atoms with Crippen molar-refractivity contribution in [1.82, 2.24) is 5.32 Å². The molecule has 2 N–H and O–H groups in total. The minimum atomic E-state index is -0.348. The van der Waals surface area contributed by atoms with Crippen molar-refractivity contribution < 1.29 is 14.6 Å². The number of nitrogens with one attached hydrogen (secondary N) is 1. The van der Waals surface area contributed by atoms with E-state index in [9.17, 15) is 4.79 Å². The maximum Gasteiger partial charge on any atom is 0.407 e. The number of hydrogen-bond acceptors (Lipinski definition) is 7. The van der Waals surface area contributed by atoms with Crippen LogP contribution in [0.3, 0.4) is 0 Å². The third-order valence-electron chi connectivity index (χ3n) is 1.75. The summed E-state index contributed by atoms with van der Waals surface area (Å²) in [6.45, 7) is 3.38. The van der Waals surface area contributed by atoms with Crippen molar-refractivity contribution in [2.45, 2.75) is 6.92 Å². The van der Waals surface area contributed by atoms with Crippen LogP contribution in [0.5, 0.6) is 0 Å². The number of ether oxygens (including phenoxy) is 1. The molecule has 0 saturated heterocycles. The summed E-state index contributed by atoms with van der Waals surface area (Å²) in [4.78, 5) is 11.2. The van der Waals surface area contributed by atoms with Gasteiger partial charge in [-0.15, -0.1) is 23.5 Å². The Morgan fingerprint density at radius 1 is 1.11 bits per heavy atom. The number of aliphatic hydroxyl groups excluding tert-OH is 1. The van der Waals surface area contributed by atoms with E-state index in [1.807, 2.05) is 35.3 Å². The van der Waals surface area contributed by atoms with Crippen LogP contribution >= 0.6 is 47.0 Å². The van der Waals surface area contributed by atoms with E-state index in [4.69, 9.17) is 9.84 Å². The molecular weight excluding hydrogens is 322 g/mol. The maximum absolute atomic E-state index is 11.2. The van der Waals surface area contributed by atoms with Crippen LogP contribution in [0, 0.1) is 0 Å². The molecule has 0 heterocycles. The lowest BCUT2D eigenvalue weighted by Crippen LogP contribution is -2.27. The summed E-state index contributed by atoms with van der Waals surface area (Å²) in [5.41, 5.74) is 0. The number of rotatable bonds is 13. The van der Waals surface area contributed by atoms with Gasteiger partial charge in [-0.05, 0) is 5.75 Å². The minimum Gasteiger partial charge on any atom is -0.449 e. The van der Waals surface area contributed by atoms with E-state index < -0.39 is 0 Å². The number of amides is 1. The second kappa shape index (κ2) is 16.7. The van der Waals surface area contributed by atoms with Crippen LogP contribution in [0.25, 0.3) is 0 Å². The molecule has 1 amide bonds. The summed E-state index contributed by atoms with van der Waals surface area (Å²) in [5.74, 6) is 3.50. The summed E-state index contributed by atoms with van der Waals surface area (Å²) in [6.07, 6.45) is -0.348. The summed E-state index contributed by atoms with van der Waals surface area (Å²) < 4.78 is 4.98. The number of carbonyl (C=O) groups is 1. The first-order valence-corrected chi connectivity index (χ1v) is 10.8. The van der Waals surface area contributed by atoms with Gasteiger partial charge in [-0.1, -0.05) is 6.92 Å². The number of thioether (sulfide) groups is 4. The van der Waals surface area contributed by atoms with Crippen molar-refractivity contribution in [3.63, 3.8) is 0 Å². The number of alkyl carbamates (subject to hydrolysis) is 1. The van der Waals surface area contributed by atoms with Crippen molar-refractivity contribution in [3.8, 4) is 0 Å². The SMILES string of the molecule is CCSCSCSCCNC(=O)OCCSCCO. The third-order valence-corrected chi connectivity index (χ3v) is 6.24. The van der Waals surface area contributed by atoms with Gasteiger partial charge in [-0.3, -0.25) is 0 Å². The fraction of sp³-hybridized carbons (Fsp3) is 0.909. The monoisotopic (exact) mass is 345 g/mol. The Labute approximate surface area is 133 Å². The molecule has 0 aliphatic carbocycles. The number of hydrogen-bond donors (Lipinski definition) is 2. The average Bonchev–Trinajstić information content (AvgIpc) is 2.41. The standard InChI is InChI=1S/C11H23NO3S4/c1-2-16-9-19-10-18-6-3-12-11(14)15-5-8-17-7-4-13/h13H,2-10H2,1H3,(H,12,14). The smallest absolute Gasteiger partial charge is 0.407 e. The molecule has 0 rings (SSSR count). The Hall–Kier alpha value is 0.630. The van der Waals surface area contributed by atoms with E-state index in [0.717, 1.165) is 21.7 Å². The van der Waals surface area contributed by atoms with E-state index in [1.165, 1.54) is 5.75 Å².